The molecular weight excluding hydrogens is 431 g/mol. The van der Waals surface area contributed by atoms with Gasteiger partial charge in [0.1, 0.15) is 0 Å². The standard InChI is InChI=1S/C18H25Cl3N2O3S/c1-27(25,26)23(17-11-15(20)14(19)10-16(17)21)9-5-8-18(24)22-12-13-6-3-2-4-7-13/h10-11,13H,2-9,12H2,1H3,(H,22,24). The minimum absolute atomic E-state index is 0.0609. The van der Waals surface area contributed by atoms with Crippen molar-refractivity contribution >= 4 is 56.4 Å². The van der Waals surface area contributed by atoms with Crippen LogP contribution in [0.4, 0.5) is 5.69 Å². The normalized spacial score (nSPS) is 15.6. The summed E-state index contributed by atoms with van der Waals surface area (Å²) in [5.74, 6) is 0.500. The van der Waals surface area contributed by atoms with E-state index in [1.54, 1.807) is 0 Å². The molecule has 0 saturated heterocycles. The lowest BCUT2D eigenvalue weighted by atomic mass is 9.89. The first-order chi connectivity index (χ1) is 12.7. The van der Waals surface area contributed by atoms with E-state index in [0.717, 1.165) is 23.4 Å². The maximum atomic E-state index is 12.2. The molecule has 1 aliphatic rings. The zero-order chi connectivity index (χ0) is 20.0. The van der Waals surface area contributed by atoms with Crippen LogP contribution in [0.1, 0.15) is 44.9 Å². The lowest BCUT2D eigenvalue weighted by Crippen LogP contribution is -2.33. The summed E-state index contributed by atoms with van der Waals surface area (Å²) in [5.41, 5.74) is 0.260. The number of halogens is 3. The molecule has 152 valence electrons. The SMILES string of the molecule is CS(=O)(=O)N(CCCC(=O)NCC1CCCCC1)c1cc(Cl)c(Cl)cc1Cl. The fraction of sp³-hybridized carbons (Fsp3) is 0.611. The summed E-state index contributed by atoms with van der Waals surface area (Å²) in [6, 6.07) is 2.84. The summed E-state index contributed by atoms with van der Waals surface area (Å²) in [6.07, 6.45) is 7.79. The van der Waals surface area contributed by atoms with E-state index in [2.05, 4.69) is 5.32 Å². The first-order valence-electron chi connectivity index (χ1n) is 9.07. The summed E-state index contributed by atoms with van der Waals surface area (Å²) >= 11 is 18.1. The van der Waals surface area contributed by atoms with Crippen LogP contribution in [0.2, 0.25) is 15.1 Å². The van der Waals surface area contributed by atoms with Gasteiger partial charge in [-0.15, -0.1) is 0 Å². The Morgan fingerprint density at radius 2 is 1.74 bits per heavy atom. The molecule has 0 heterocycles. The molecule has 2 rings (SSSR count). The number of sulfonamides is 1. The molecule has 1 aromatic carbocycles. The molecule has 5 nitrogen and oxygen atoms in total. The molecule has 0 radical (unpaired) electrons. The van der Waals surface area contributed by atoms with Gasteiger partial charge in [0, 0.05) is 19.5 Å². The average Bonchev–Trinajstić information content (AvgIpc) is 2.60. The number of carbonyl (C=O) groups excluding carboxylic acids is 1. The first kappa shape index (κ1) is 22.6. The molecule has 1 saturated carbocycles. The van der Waals surface area contributed by atoms with Gasteiger partial charge in [0.15, 0.2) is 0 Å². The maximum Gasteiger partial charge on any atom is 0.232 e. The van der Waals surface area contributed by atoms with Gasteiger partial charge in [0.05, 0.1) is 27.0 Å². The Morgan fingerprint density at radius 1 is 1.11 bits per heavy atom. The van der Waals surface area contributed by atoms with E-state index in [0.29, 0.717) is 18.9 Å². The number of nitrogens with zero attached hydrogens (tertiary/aromatic N) is 1. The van der Waals surface area contributed by atoms with Crippen LogP contribution in [0.3, 0.4) is 0 Å². The summed E-state index contributed by atoms with van der Waals surface area (Å²) in [4.78, 5) is 12.1. The molecule has 0 unspecified atom stereocenters. The zero-order valence-corrected chi connectivity index (χ0v) is 18.4. The second kappa shape index (κ2) is 10.2. The van der Waals surface area contributed by atoms with Crippen LogP contribution in [0.5, 0.6) is 0 Å². The average molecular weight is 456 g/mol. The third-order valence-electron chi connectivity index (χ3n) is 4.74. The molecule has 27 heavy (non-hydrogen) atoms. The van der Waals surface area contributed by atoms with Crippen molar-refractivity contribution in [2.75, 3.05) is 23.7 Å². The van der Waals surface area contributed by atoms with Gasteiger partial charge in [0.25, 0.3) is 0 Å². The molecule has 1 fully saturated rings. The van der Waals surface area contributed by atoms with Crippen molar-refractivity contribution in [3.63, 3.8) is 0 Å². The summed E-state index contributed by atoms with van der Waals surface area (Å²) < 4.78 is 25.5. The van der Waals surface area contributed by atoms with Crippen LogP contribution >= 0.6 is 34.8 Å². The molecule has 1 aromatic rings. The molecule has 1 N–H and O–H groups in total. The largest absolute Gasteiger partial charge is 0.356 e. The first-order valence-corrected chi connectivity index (χ1v) is 12.1. The highest BCUT2D eigenvalue weighted by Gasteiger charge is 2.22. The molecule has 0 atom stereocenters. The maximum absolute atomic E-state index is 12.2. The van der Waals surface area contributed by atoms with E-state index in [1.807, 2.05) is 0 Å². The zero-order valence-electron chi connectivity index (χ0n) is 15.3. The van der Waals surface area contributed by atoms with E-state index < -0.39 is 10.0 Å². The Morgan fingerprint density at radius 3 is 2.37 bits per heavy atom. The van der Waals surface area contributed by atoms with Crippen molar-refractivity contribution in [2.45, 2.75) is 44.9 Å². The van der Waals surface area contributed by atoms with E-state index in [1.165, 1.54) is 31.4 Å². The molecular formula is C18H25Cl3N2O3S. The van der Waals surface area contributed by atoms with Crippen LogP contribution in [0, 0.1) is 5.92 Å². The topological polar surface area (TPSA) is 66.5 Å². The highest BCUT2D eigenvalue weighted by Crippen LogP contribution is 2.35. The monoisotopic (exact) mass is 454 g/mol. The van der Waals surface area contributed by atoms with E-state index in [9.17, 15) is 13.2 Å². The lowest BCUT2D eigenvalue weighted by Gasteiger charge is -2.24. The predicted molar refractivity (Wildman–Crippen MR) is 112 cm³/mol. The number of benzene rings is 1. The minimum atomic E-state index is -3.58. The summed E-state index contributed by atoms with van der Waals surface area (Å²) in [6.45, 7) is 0.834. The van der Waals surface area contributed by atoms with Gasteiger partial charge in [-0.1, -0.05) is 54.1 Å². The van der Waals surface area contributed by atoms with Crippen LogP contribution in [-0.4, -0.2) is 33.7 Å². The predicted octanol–water partition coefficient (Wildman–Crippen LogP) is 4.89. The molecule has 9 heteroatoms. The number of hydrogen-bond acceptors (Lipinski definition) is 3. The molecule has 0 spiro atoms. The van der Waals surface area contributed by atoms with E-state index >= 15 is 0 Å². The lowest BCUT2D eigenvalue weighted by molar-refractivity contribution is -0.121. The summed E-state index contributed by atoms with van der Waals surface area (Å²) in [5, 5.41) is 3.62. The second-order valence-electron chi connectivity index (χ2n) is 6.96. The van der Waals surface area contributed by atoms with Gasteiger partial charge in [-0.2, -0.15) is 0 Å². The molecule has 1 amide bonds. The van der Waals surface area contributed by atoms with Gasteiger partial charge < -0.3 is 5.32 Å². The fourth-order valence-electron chi connectivity index (χ4n) is 3.29. The van der Waals surface area contributed by atoms with Crippen molar-refractivity contribution in [1.29, 1.82) is 0 Å². The Balaban J connectivity index is 1.92. The van der Waals surface area contributed by atoms with Crippen LogP contribution in [-0.2, 0) is 14.8 Å². The van der Waals surface area contributed by atoms with Crippen molar-refractivity contribution in [3.05, 3.63) is 27.2 Å². The Kier molecular flexibility index (Phi) is 8.53. The van der Waals surface area contributed by atoms with Crippen molar-refractivity contribution < 1.29 is 13.2 Å². The van der Waals surface area contributed by atoms with E-state index in [-0.39, 0.29) is 39.6 Å². The molecule has 0 bridgehead atoms. The van der Waals surface area contributed by atoms with Crippen LogP contribution < -0.4 is 9.62 Å². The fourth-order valence-corrected chi connectivity index (χ4v) is 4.95. The van der Waals surface area contributed by atoms with Gasteiger partial charge in [-0.25, -0.2) is 8.42 Å². The number of rotatable bonds is 8. The van der Waals surface area contributed by atoms with E-state index in [4.69, 9.17) is 34.8 Å². The van der Waals surface area contributed by atoms with Crippen molar-refractivity contribution in [2.24, 2.45) is 5.92 Å². The Labute approximate surface area is 176 Å². The number of nitrogens with one attached hydrogen (secondary N) is 1. The minimum Gasteiger partial charge on any atom is -0.356 e. The molecule has 0 aliphatic heterocycles. The second-order valence-corrected chi connectivity index (χ2v) is 10.1. The third-order valence-corrected chi connectivity index (χ3v) is 6.94. The third kappa shape index (κ3) is 7.00. The molecule has 0 aromatic heterocycles. The number of amides is 1. The molecule has 1 aliphatic carbocycles. The quantitative estimate of drug-likeness (QED) is 0.568. The summed E-state index contributed by atoms with van der Waals surface area (Å²) in [7, 11) is -3.58. The Hall–Kier alpha value is -0.690. The number of carbonyl (C=O) groups is 1. The van der Waals surface area contributed by atoms with Gasteiger partial charge in [0.2, 0.25) is 15.9 Å². The van der Waals surface area contributed by atoms with Gasteiger partial charge in [-0.3, -0.25) is 9.10 Å². The van der Waals surface area contributed by atoms with Gasteiger partial charge >= 0.3 is 0 Å². The highest BCUT2D eigenvalue weighted by atomic mass is 35.5. The number of hydrogen-bond donors (Lipinski definition) is 1. The smallest absolute Gasteiger partial charge is 0.232 e. The Bertz CT molecular complexity index is 765. The number of anilines is 1. The van der Waals surface area contributed by atoms with Crippen molar-refractivity contribution in [1.82, 2.24) is 5.32 Å². The van der Waals surface area contributed by atoms with Gasteiger partial charge in [-0.05, 0) is 37.3 Å². The van der Waals surface area contributed by atoms with Crippen molar-refractivity contribution in [3.8, 4) is 0 Å². The van der Waals surface area contributed by atoms with Crippen LogP contribution in [0.25, 0.3) is 0 Å². The highest BCUT2D eigenvalue weighted by molar-refractivity contribution is 7.92. The van der Waals surface area contributed by atoms with Crippen LogP contribution in [0.15, 0.2) is 12.1 Å².